The molecule has 2 N–H and O–H groups in total. The van der Waals surface area contributed by atoms with Crippen LogP contribution in [0.5, 0.6) is 0 Å². The molecule has 1 aliphatic heterocycles. The predicted molar refractivity (Wildman–Crippen MR) is 55.8 cm³/mol. The zero-order valence-electron chi connectivity index (χ0n) is 9.00. The van der Waals surface area contributed by atoms with E-state index in [1.165, 1.54) is 12.8 Å². The van der Waals surface area contributed by atoms with Gasteiger partial charge in [0.1, 0.15) is 0 Å². The molecule has 0 atom stereocenters. The third kappa shape index (κ3) is 2.32. The van der Waals surface area contributed by atoms with Gasteiger partial charge in [0.25, 0.3) is 0 Å². The van der Waals surface area contributed by atoms with E-state index in [-0.39, 0.29) is 6.10 Å². The number of hydrogen-bond acceptors (Lipinski definition) is 3. The number of aliphatic carboxylic acids is 1. The zero-order chi connectivity index (χ0) is 10.7. The monoisotopic (exact) mass is 213 g/mol. The number of carboxylic acid groups (broad SMARTS) is 1. The van der Waals surface area contributed by atoms with Crippen LogP contribution < -0.4 is 5.32 Å². The Morgan fingerprint density at radius 3 is 2.40 bits per heavy atom. The lowest BCUT2D eigenvalue weighted by atomic mass is 9.92. The van der Waals surface area contributed by atoms with E-state index in [0.29, 0.717) is 12.8 Å². The summed E-state index contributed by atoms with van der Waals surface area (Å²) in [6.07, 6.45) is 5.79. The number of nitrogens with one attached hydrogen (secondary N) is 1. The fraction of sp³-hybridized carbons (Fsp3) is 0.909. The van der Waals surface area contributed by atoms with Crippen molar-refractivity contribution in [2.75, 3.05) is 13.1 Å². The minimum atomic E-state index is -0.903. The van der Waals surface area contributed by atoms with Crippen LogP contribution in [-0.2, 0) is 9.53 Å². The second kappa shape index (κ2) is 4.49. The first kappa shape index (κ1) is 10.9. The average molecular weight is 213 g/mol. The maximum absolute atomic E-state index is 11.3. The number of carboxylic acids is 1. The molecule has 4 nitrogen and oxygen atoms in total. The number of rotatable bonds is 3. The van der Waals surface area contributed by atoms with Crippen molar-refractivity contribution in [1.82, 2.24) is 5.32 Å². The average Bonchev–Trinajstić information content (AvgIpc) is 2.71. The number of carbonyl (C=O) groups is 1. The van der Waals surface area contributed by atoms with Gasteiger partial charge in [0.15, 0.2) is 5.60 Å². The summed E-state index contributed by atoms with van der Waals surface area (Å²) in [5, 5.41) is 12.5. The molecule has 1 heterocycles. The van der Waals surface area contributed by atoms with Crippen LogP contribution >= 0.6 is 0 Å². The Hall–Kier alpha value is -0.610. The molecule has 0 amide bonds. The molecule has 15 heavy (non-hydrogen) atoms. The lowest BCUT2D eigenvalue weighted by Gasteiger charge is -2.35. The lowest BCUT2D eigenvalue weighted by Crippen LogP contribution is -2.51. The van der Waals surface area contributed by atoms with Crippen LogP contribution in [0.15, 0.2) is 0 Å². The zero-order valence-corrected chi connectivity index (χ0v) is 9.00. The van der Waals surface area contributed by atoms with Crippen LogP contribution in [0.3, 0.4) is 0 Å². The topological polar surface area (TPSA) is 58.6 Å². The predicted octanol–water partition coefficient (Wildman–Crippen LogP) is 1.15. The number of ether oxygens (including phenoxy) is 1. The fourth-order valence-electron chi connectivity index (χ4n) is 2.54. The van der Waals surface area contributed by atoms with Crippen LogP contribution in [0.2, 0.25) is 0 Å². The smallest absolute Gasteiger partial charge is 0.336 e. The summed E-state index contributed by atoms with van der Waals surface area (Å²) >= 11 is 0. The molecule has 86 valence electrons. The molecular formula is C11H19NO3. The molecule has 2 rings (SSSR count). The minimum Gasteiger partial charge on any atom is -0.479 e. The first-order valence-electron chi connectivity index (χ1n) is 5.85. The van der Waals surface area contributed by atoms with Crippen LogP contribution in [-0.4, -0.2) is 35.9 Å². The van der Waals surface area contributed by atoms with Gasteiger partial charge in [-0.15, -0.1) is 0 Å². The summed E-state index contributed by atoms with van der Waals surface area (Å²) in [6, 6.07) is 0. The normalized spacial score (nSPS) is 26.7. The Balaban J connectivity index is 2.00. The fourth-order valence-corrected chi connectivity index (χ4v) is 2.54. The molecule has 2 aliphatic rings. The highest BCUT2D eigenvalue weighted by atomic mass is 16.5. The Morgan fingerprint density at radius 2 is 1.87 bits per heavy atom. The van der Waals surface area contributed by atoms with Crippen molar-refractivity contribution in [3.05, 3.63) is 0 Å². The van der Waals surface area contributed by atoms with E-state index in [1.807, 2.05) is 0 Å². The standard InChI is InChI=1S/C11H19NO3/c13-10(14)11(5-7-12-8-6-11)15-9-3-1-2-4-9/h9,12H,1-8H2,(H,13,14). The molecule has 0 bridgehead atoms. The van der Waals surface area contributed by atoms with Gasteiger partial charge in [-0.3, -0.25) is 0 Å². The van der Waals surface area contributed by atoms with E-state index >= 15 is 0 Å². The van der Waals surface area contributed by atoms with Gasteiger partial charge in [-0.25, -0.2) is 4.79 Å². The van der Waals surface area contributed by atoms with Gasteiger partial charge in [-0.1, -0.05) is 12.8 Å². The Labute approximate surface area is 90.0 Å². The second-order valence-corrected chi connectivity index (χ2v) is 4.57. The largest absolute Gasteiger partial charge is 0.479 e. The van der Waals surface area contributed by atoms with Crippen molar-refractivity contribution < 1.29 is 14.6 Å². The van der Waals surface area contributed by atoms with E-state index in [9.17, 15) is 9.90 Å². The van der Waals surface area contributed by atoms with Gasteiger partial charge in [0.2, 0.25) is 0 Å². The molecule has 0 spiro atoms. The van der Waals surface area contributed by atoms with E-state index in [4.69, 9.17) is 4.74 Å². The first-order valence-corrected chi connectivity index (χ1v) is 5.85. The van der Waals surface area contributed by atoms with Crippen LogP contribution in [0, 0.1) is 0 Å². The quantitative estimate of drug-likeness (QED) is 0.738. The van der Waals surface area contributed by atoms with Crippen LogP contribution in [0.1, 0.15) is 38.5 Å². The molecule has 2 fully saturated rings. The first-order chi connectivity index (χ1) is 7.23. The molecule has 0 aromatic carbocycles. The molecule has 1 saturated carbocycles. The van der Waals surface area contributed by atoms with E-state index in [0.717, 1.165) is 25.9 Å². The van der Waals surface area contributed by atoms with Gasteiger partial charge >= 0.3 is 5.97 Å². The summed E-state index contributed by atoms with van der Waals surface area (Å²) in [7, 11) is 0. The third-order valence-electron chi connectivity index (χ3n) is 3.50. The van der Waals surface area contributed by atoms with Crippen molar-refractivity contribution in [2.24, 2.45) is 0 Å². The summed E-state index contributed by atoms with van der Waals surface area (Å²) in [4.78, 5) is 11.3. The molecule has 0 aromatic heterocycles. The van der Waals surface area contributed by atoms with Crippen molar-refractivity contribution in [2.45, 2.75) is 50.2 Å². The maximum Gasteiger partial charge on any atom is 0.336 e. The SMILES string of the molecule is O=C(O)C1(OC2CCCC2)CCNCC1. The highest BCUT2D eigenvalue weighted by molar-refractivity contribution is 5.77. The molecule has 0 unspecified atom stereocenters. The van der Waals surface area contributed by atoms with Gasteiger partial charge in [0.05, 0.1) is 6.10 Å². The summed E-state index contributed by atoms with van der Waals surface area (Å²) < 4.78 is 5.86. The summed E-state index contributed by atoms with van der Waals surface area (Å²) in [6.45, 7) is 1.50. The second-order valence-electron chi connectivity index (χ2n) is 4.57. The van der Waals surface area contributed by atoms with Gasteiger partial charge in [0, 0.05) is 0 Å². The third-order valence-corrected chi connectivity index (χ3v) is 3.50. The van der Waals surface area contributed by atoms with Crippen molar-refractivity contribution in [3.8, 4) is 0 Å². The molecule has 4 heteroatoms. The van der Waals surface area contributed by atoms with E-state index < -0.39 is 11.6 Å². The minimum absolute atomic E-state index is 0.180. The molecular weight excluding hydrogens is 194 g/mol. The van der Waals surface area contributed by atoms with Gasteiger partial charge < -0.3 is 15.2 Å². The van der Waals surface area contributed by atoms with Gasteiger partial charge in [-0.05, 0) is 38.8 Å². The van der Waals surface area contributed by atoms with Crippen molar-refractivity contribution in [1.29, 1.82) is 0 Å². The molecule has 1 aliphatic carbocycles. The Kier molecular flexibility index (Phi) is 3.26. The van der Waals surface area contributed by atoms with Crippen LogP contribution in [0.25, 0.3) is 0 Å². The summed E-state index contributed by atoms with van der Waals surface area (Å²) in [5.41, 5.74) is -0.903. The molecule has 0 aromatic rings. The highest BCUT2D eigenvalue weighted by Crippen LogP contribution is 2.31. The number of hydrogen-bond donors (Lipinski definition) is 2. The maximum atomic E-state index is 11.3. The van der Waals surface area contributed by atoms with Gasteiger partial charge in [-0.2, -0.15) is 0 Å². The molecule has 1 saturated heterocycles. The van der Waals surface area contributed by atoms with Crippen LogP contribution in [0.4, 0.5) is 0 Å². The van der Waals surface area contributed by atoms with E-state index in [2.05, 4.69) is 5.32 Å². The summed E-state index contributed by atoms with van der Waals surface area (Å²) in [5.74, 6) is -0.782. The lowest BCUT2D eigenvalue weighted by molar-refractivity contribution is -0.178. The molecule has 0 radical (unpaired) electrons. The van der Waals surface area contributed by atoms with E-state index in [1.54, 1.807) is 0 Å². The number of piperidine rings is 1. The highest BCUT2D eigenvalue weighted by Gasteiger charge is 2.43. The van der Waals surface area contributed by atoms with Crippen molar-refractivity contribution >= 4 is 5.97 Å². The Morgan fingerprint density at radius 1 is 1.27 bits per heavy atom. The van der Waals surface area contributed by atoms with Crippen molar-refractivity contribution in [3.63, 3.8) is 0 Å². The Bertz CT molecular complexity index is 230.